The molecule has 1 aliphatic heterocycles. The number of amides is 2. The van der Waals surface area contributed by atoms with Gasteiger partial charge in [0, 0.05) is 24.5 Å². The summed E-state index contributed by atoms with van der Waals surface area (Å²) in [5.41, 5.74) is 1.06. The molecule has 0 radical (unpaired) electrons. The topological polar surface area (TPSA) is 80.8 Å². The van der Waals surface area contributed by atoms with Crippen LogP contribution in [0.3, 0.4) is 0 Å². The van der Waals surface area contributed by atoms with Gasteiger partial charge >= 0.3 is 0 Å². The van der Waals surface area contributed by atoms with Gasteiger partial charge in [-0.2, -0.15) is 0 Å². The molecule has 1 aliphatic rings. The van der Waals surface area contributed by atoms with Gasteiger partial charge in [0.1, 0.15) is 10.7 Å². The Morgan fingerprint density at radius 1 is 1.06 bits per heavy atom. The molecule has 162 valence electrons. The maximum atomic E-state index is 13.2. The molecule has 0 unspecified atom stereocenters. The Bertz CT molecular complexity index is 1070. The minimum absolute atomic E-state index is 0.131. The van der Waals surface area contributed by atoms with Crippen LogP contribution in [-0.2, 0) is 0 Å². The second-order valence-corrected chi connectivity index (χ2v) is 8.88. The minimum atomic E-state index is -0.376. The van der Waals surface area contributed by atoms with Crippen LogP contribution < -0.4 is 14.8 Å². The molecule has 3 heterocycles. The lowest BCUT2D eigenvalue weighted by atomic mass is 10.1. The maximum Gasteiger partial charge on any atom is 0.275 e. The number of methoxy groups -OCH3 is 2. The third-order valence-electron chi connectivity index (χ3n) is 5.11. The molecule has 2 aromatic heterocycles. The Balaban J connectivity index is 1.64. The summed E-state index contributed by atoms with van der Waals surface area (Å²) in [6, 6.07) is 7.17. The van der Waals surface area contributed by atoms with E-state index in [0.717, 1.165) is 29.1 Å². The van der Waals surface area contributed by atoms with Crippen molar-refractivity contribution in [3.8, 4) is 21.4 Å². The first kappa shape index (κ1) is 21.3. The number of piperidine rings is 1. The van der Waals surface area contributed by atoms with Crippen LogP contribution >= 0.6 is 22.7 Å². The lowest BCUT2D eigenvalue weighted by Crippen LogP contribution is -2.36. The highest BCUT2D eigenvalue weighted by molar-refractivity contribution is 7.20. The largest absolute Gasteiger partial charge is 0.493 e. The second-order valence-electron chi connectivity index (χ2n) is 7.07. The number of nitrogens with zero attached hydrogens (tertiary/aromatic N) is 2. The van der Waals surface area contributed by atoms with Crippen LogP contribution in [0.15, 0.2) is 35.0 Å². The molecule has 1 saturated heterocycles. The Morgan fingerprint density at radius 2 is 1.81 bits per heavy atom. The summed E-state index contributed by atoms with van der Waals surface area (Å²) in [6.07, 6.45) is 3.08. The number of nitrogens with one attached hydrogen (secondary N) is 1. The fraction of sp³-hybridized carbons (Fsp3) is 0.318. The van der Waals surface area contributed by atoms with Gasteiger partial charge in [0.05, 0.1) is 30.3 Å². The van der Waals surface area contributed by atoms with Crippen molar-refractivity contribution in [1.29, 1.82) is 0 Å². The Morgan fingerprint density at radius 3 is 2.48 bits per heavy atom. The molecule has 1 N–H and O–H groups in total. The number of hydrogen-bond donors (Lipinski definition) is 1. The average molecular weight is 458 g/mol. The van der Waals surface area contributed by atoms with Gasteiger partial charge in [-0.15, -0.1) is 22.7 Å². The molecular weight excluding hydrogens is 434 g/mol. The highest BCUT2D eigenvalue weighted by Gasteiger charge is 2.25. The summed E-state index contributed by atoms with van der Waals surface area (Å²) in [6.45, 7) is 1.41. The van der Waals surface area contributed by atoms with Gasteiger partial charge in [-0.05, 0) is 36.8 Å². The summed E-state index contributed by atoms with van der Waals surface area (Å²) in [4.78, 5) is 33.5. The van der Waals surface area contributed by atoms with E-state index < -0.39 is 0 Å². The fourth-order valence-corrected chi connectivity index (χ4v) is 5.12. The third kappa shape index (κ3) is 4.57. The smallest absolute Gasteiger partial charge is 0.275 e. The first-order valence-corrected chi connectivity index (χ1v) is 11.7. The quantitative estimate of drug-likeness (QED) is 0.577. The molecule has 7 nitrogen and oxygen atoms in total. The molecule has 0 spiro atoms. The van der Waals surface area contributed by atoms with E-state index in [1.54, 1.807) is 28.8 Å². The van der Waals surface area contributed by atoms with Gasteiger partial charge in [-0.3, -0.25) is 9.59 Å². The first-order chi connectivity index (χ1) is 15.1. The van der Waals surface area contributed by atoms with Crippen LogP contribution in [0.4, 0.5) is 5.69 Å². The Hall–Kier alpha value is -2.91. The van der Waals surface area contributed by atoms with Crippen molar-refractivity contribution in [2.45, 2.75) is 19.3 Å². The van der Waals surface area contributed by atoms with Crippen molar-refractivity contribution < 1.29 is 19.1 Å². The molecule has 1 aromatic carbocycles. The minimum Gasteiger partial charge on any atom is -0.493 e. The van der Waals surface area contributed by atoms with E-state index in [1.165, 1.54) is 25.6 Å². The first-order valence-electron chi connectivity index (χ1n) is 9.96. The lowest BCUT2D eigenvalue weighted by molar-refractivity contribution is 0.0725. The summed E-state index contributed by atoms with van der Waals surface area (Å²) in [7, 11) is 3.04. The fourth-order valence-electron chi connectivity index (χ4n) is 3.50. The second kappa shape index (κ2) is 9.49. The van der Waals surface area contributed by atoms with Gasteiger partial charge in [0.25, 0.3) is 11.8 Å². The number of thiophene rings is 1. The third-order valence-corrected chi connectivity index (χ3v) is 7.00. The number of benzene rings is 1. The number of carbonyl (C=O) groups is 2. The molecule has 4 rings (SSSR count). The van der Waals surface area contributed by atoms with Crippen molar-refractivity contribution in [1.82, 2.24) is 9.88 Å². The molecule has 0 bridgehead atoms. The standard InChI is InChI=1S/C22H23N3O4S2/c1-28-17-11-14(22(27)25-8-4-3-5-9-25)15(12-18(17)29-2)23-20(26)16-13-31-21(24-16)19-7-6-10-30-19/h6-7,10-13H,3-5,8-9H2,1-2H3,(H,23,26). The van der Waals surface area contributed by atoms with E-state index in [1.807, 2.05) is 22.4 Å². The number of anilines is 1. The number of aromatic nitrogens is 1. The predicted molar refractivity (Wildman–Crippen MR) is 123 cm³/mol. The van der Waals surface area contributed by atoms with Gasteiger partial charge in [0.15, 0.2) is 11.5 Å². The summed E-state index contributed by atoms with van der Waals surface area (Å²) >= 11 is 2.98. The number of carbonyl (C=O) groups excluding carboxylic acids is 2. The van der Waals surface area contributed by atoms with Crippen LogP contribution in [0.1, 0.15) is 40.1 Å². The van der Waals surface area contributed by atoms with E-state index in [9.17, 15) is 9.59 Å². The van der Waals surface area contributed by atoms with Gasteiger partial charge in [-0.25, -0.2) is 4.98 Å². The molecule has 1 fully saturated rings. The zero-order chi connectivity index (χ0) is 21.8. The summed E-state index contributed by atoms with van der Waals surface area (Å²) < 4.78 is 10.8. The van der Waals surface area contributed by atoms with Crippen molar-refractivity contribution in [2.24, 2.45) is 0 Å². The lowest BCUT2D eigenvalue weighted by Gasteiger charge is -2.28. The van der Waals surface area contributed by atoms with Crippen molar-refractivity contribution in [3.63, 3.8) is 0 Å². The molecule has 2 amide bonds. The summed E-state index contributed by atoms with van der Waals surface area (Å²) in [5.74, 6) is 0.368. The molecule has 3 aromatic rings. The van der Waals surface area contributed by atoms with Crippen LogP contribution in [0.5, 0.6) is 11.5 Å². The summed E-state index contributed by atoms with van der Waals surface area (Å²) in [5, 5.41) is 7.34. The highest BCUT2D eigenvalue weighted by Crippen LogP contribution is 2.35. The highest BCUT2D eigenvalue weighted by atomic mass is 32.1. The van der Waals surface area contributed by atoms with E-state index in [2.05, 4.69) is 10.3 Å². The van der Waals surface area contributed by atoms with Crippen molar-refractivity contribution >= 4 is 40.2 Å². The van der Waals surface area contributed by atoms with Crippen molar-refractivity contribution in [3.05, 3.63) is 46.3 Å². The van der Waals surface area contributed by atoms with Gasteiger partial charge in [0.2, 0.25) is 0 Å². The SMILES string of the molecule is COc1cc(NC(=O)c2csc(-c3cccs3)n2)c(C(=O)N2CCCCC2)cc1OC. The number of hydrogen-bond acceptors (Lipinski definition) is 7. The van der Waals surface area contributed by atoms with Gasteiger partial charge < -0.3 is 19.7 Å². The normalized spacial score (nSPS) is 13.7. The molecular formula is C22H23N3O4S2. The number of ether oxygens (including phenoxy) is 2. The van der Waals surface area contributed by atoms with E-state index in [-0.39, 0.29) is 11.8 Å². The van der Waals surface area contributed by atoms with Crippen LogP contribution in [0, 0.1) is 0 Å². The van der Waals surface area contributed by atoms with E-state index in [4.69, 9.17) is 9.47 Å². The van der Waals surface area contributed by atoms with E-state index >= 15 is 0 Å². The predicted octanol–water partition coefficient (Wildman–Crippen LogP) is 4.77. The Labute approximate surface area is 188 Å². The van der Waals surface area contributed by atoms with Crippen molar-refractivity contribution in [2.75, 3.05) is 32.6 Å². The molecule has 0 saturated carbocycles. The zero-order valence-electron chi connectivity index (χ0n) is 17.3. The van der Waals surface area contributed by atoms with Crippen LogP contribution in [-0.4, -0.2) is 49.0 Å². The molecule has 0 aliphatic carbocycles. The maximum absolute atomic E-state index is 13.2. The number of likely N-dealkylation sites (tertiary alicyclic amines) is 1. The molecule has 31 heavy (non-hydrogen) atoms. The average Bonchev–Trinajstić information content (AvgIpc) is 3.51. The number of thiazole rings is 1. The number of rotatable bonds is 6. The monoisotopic (exact) mass is 457 g/mol. The molecule has 0 atom stereocenters. The Kier molecular flexibility index (Phi) is 6.53. The van der Waals surface area contributed by atoms with Crippen LogP contribution in [0.25, 0.3) is 9.88 Å². The zero-order valence-corrected chi connectivity index (χ0v) is 19.0. The van der Waals surface area contributed by atoms with E-state index in [0.29, 0.717) is 41.5 Å². The van der Waals surface area contributed by atoms with Gasteiger partial charge in [-0.1, -0.05) is 6.07 Å². The van der Waals surface area contributed by atoms with Crippen LogP contribution in [0.2, 0.25) is 0 Å². The molecule has 9 heteroatoms.